The van der Waals surface area contributed by atoms with Crippen LogP contribution in [-0.4, -0.2) is 29.0 Å². The summed E-state index contributed by atoms with van der Waals surface area (Å²) in [7, 11) is 0. The molecule has 0 aromatic rings. The van der Waals surface area contributed by atoms with Crippen LogP contribution in [0.4, 0.5) is 0 Å². The maximum atomic E-state index is 5.60. The summed E-state index contributed by atoms with van der Waals surface area (Å²) in [6.45, 7) is 5.43. The van der Waals surface area contributed by atoms with Crippen LogP contribution in [0.2, 0.25) is 0 Å². The van der Waals surface area contributed by atoms with E-state index in [2.05, 4.69) is 11.5 Å². The summed E-state index contributed by atoms with van der Waals surface area (Å²) in [6, 6.07) is 0.560. The highest BCUT2D eigenvalue weighted by atomic mass is 35.5. The molecule has 0 saturated heterocycles. The molecule has 0 aliphatic carbocycles. The lowest BCUT2D eigenvalue weighted by atomic mass is 10.6. The van der Waals surface area contributed by atoms with Crippen LogP contribution in [0, 0.1) is 0 Å². The van der Waals surface area contributed by atoms with Crippen LogP contribution in [-0.2, 0) is 0 Å². The van der Waals surface area contributed by atoms with Gasteiger partial charge in [0, 0.05) is 18.9 Å². The van der Waals surface area contributed by atoms with E-state index in [0.29, 0.717) is 6.00 Å². The molecule has 0 spiro atoms. The highest BCUT2D eigenvalue weighted by Gasteiger charge is 2.07. The molecular weight excluding hydrogens is 148 g/mol. The van der Waals surface area contributed by atoms with Gasteiger partial charge in [0.05, 0.1) is 12.7 Å². The van der Waals surface area contributed by atoms with Crippen molar-refractivity contribution in [3.05, 3.63) is 25.1 Å². The highest BCUT2D eigenvalue weighted by Crippen LogP contribution is 2.05. The van der Waals surface area contributed by atoms with Crippen molar-refractivity contribution >= 4 is 11.6 Å². The molecule has 10 heavy (non-hydrogen) atoms. The number of halogens is 1. The van der Waals surface area contributed by atoms with E-state index in [1.165, 1.54) is 0 Å². The lowest BCUT2D eigenvalue weighted by Gasteiger charge is -2.16. The van der Waals surface area contributed by atoms with Crippen molar-refractivity contribution in [3.63, 3.8) is 0 Å². The largest absolute Gasteiger partial charge is 0.355 e. The van der Waals surface area contributed by atoms with Gasteiger partial charge in [-0.3, -0.25) is 0 Å². The standard InChI is InChI=1S/C7H11ClN2/c1-2-3-9-4-5-10(6-8)7-9/h2,4-5H,1,3,6-7H2. The molecule has 3 heteroatoms. The second-order valence-electron chi connectivity index (χ2n) is 2.21. The fourth-order valence-corrected chi connectivity index (χ4v) is 1.03. The van der Waals surface area contributed by atoms with Crippen LogP contribution in [0.1, 0.15) is 0 Å². The second kappa shape index (κ2) is 3.52. The van der Waals surface area contributed by atoms with Gasteiger partial charge >= 0.3 is 0 Å². The van der Waals surface area contributed by atoms with Gasteiger partial charge in [-0.1, -0.05) is 6.08 Å². The first-order valence-electron chi connectivity index (χ1n) is 3.20. The quantitative estimate of drug-likeness (QED) is 0.348. The van der Waals surface area contributed by atoms with Gasteiger partial charge in [-0.25, -0.2) is 0 Å². The molecule has 1 rings (SSSR count). The maximum absolute atomic E-state index is 5.60. The zero-order valence-corrected chi connectivity index (χ0v) is 6.59. The molecule has 1 heterocycles. The second-order valence-corrected chi connectivity index (χ2v) is 2.45. The molecule has 1 aliphatic heterocycles. The molecule has 0 unspecified atom stereocenters. The van der Waals surface area contributed by atoms with Crippen LogP contribution in [0.3, 0.4) is 0 Å². The third-order valence-corrected chi connectivity index (χ3v) is 1.68. The van der Waals surface area contributed by atoms with E-state index in [1.807, 2.05) is 23.4 Å². The van der Waals surface area contributed by atoms with Gasteiger partial charge in [-0.05, 0) is 0 Å². The Morgan fingerprint density at radius 1 is 1.50 bits per heavy atom. The van der Waals surface area contributed by atoms with Crippen molar-refractivity contribution in [1.29, 1.82) is 0 Å². The van der Waals surface area contributed by atoms with E-state index in [0.717, 1.165) is 13.2 Å². The van der Waals surface area contributed by atoms with Crippen molar-refractivity contribution in [1.82, 2.24) is 9.80 Å². The Balaban J connectivity index is 2.30. The number of nitrogens with zero attached hydrogens (tertiary/aromatic N) is 2. The van der Waals surface area contributed by atoms with E-state index in [4.69, 9.17) is 11.6 Å². The SMILES string of the molecule is C=CCN1C=CN(CCl)C1. The first-order chi connectivity index (χ1) is 4.86. The fraction of sp³-hybridized carbons (Fsp3) is 0.429. The fourth-order valence-electron chi connectivity index (χ4n) is 0.878. The zero-order valence-electron chi connectivity index (χ0n) is 5.83. The molecule has 0 fully saturated rings. The van der Waals surface area contributed by atoms with Gasteiger partial charge in [0.15, 0.2) is 0 Å². The van der Waals surface area contributed by atoms with E-state index < -0.39 is 0 Å². The minimum atomic E-state index is 0.560. The Bertz CT molecular complexity index is 145. The third kappa shape index (κ3) is 1.67. The van der Waals surface area contributed by atoms with Crippen LogP contribution in [0.15, 0.2) is 25.1 Å². The lowest BCUT2D eigenvalue weighted by molar-refractivity contribution is 0.309. The number of hydrogen-bond donors (Lipinski definition) is 0. The zero-order chi connectivity index (χ0) is 7.40. The first kappa shape index (κ1) is 7.48. The van der Waals surface area contributed by atoms with E-state index in [9.17, 15) is 0 Å². The van der Waals surface area contributed by atoms with E-state index >= 15 is 0 Å². The van der Waals surface area contributed by atoms with Gasteiger partial charge in [0.1, 0.15) is 0 Å². The molecule has 0 amide bonds. The Hall–Kier alpha value is -0.630. The molecule has 0 aromatic heterocycles. The molecule has 0 bridgehead atoms. The van der Waals surface area contributed by atoms with Crippen molar-refractivity contribution in [2.45, 2.75) is 0 Å². The van der Waals surface area contributed by atoms with Gasteiger partial charge < -0.3 is 9.80 Å². The van der Waals surface area contributed by atoms with Crippen LogP contribution < -0.4 is 0 Å². The van der Waals surface area contributed by atoms with E-state index in [1.54, 1.807) is 0 Å². The summed E-state index contributed by atoms with van der Waals surface area (Å²) in [5, 5.41) is 0. The van der Waals surface area contributed by atoms with Crippen LogP contribution in [0.25, 0.3) is 0 Å². The summed E-state index contributed by atoms with van der Waals surface area (Å²) in [6.07, 6.45) is 5.88. The minimum Gasteiger partial charge on any atom is -0.355 e. The van der Waals surface area contributed by atoms with Crippen molar-refractivity contribution in [2.75, 3.05) is 19.2 Å². The molecule has 0 saturated carbocycles. The summed E-state index contributed by atoms with van der Waals surface area (Å²) < 4.78 is 0. The number of hydrogen-bond acceptors (Lipinski definition) is 2. The smallest absolute Gasteiger partial charge is 0.0941 e. The van der Waals surface area contributed by atoms with Gasteiger partial charge in [0.2, 0.25) is 0 Å². The minimum absolute atomic E-state index is 0.560. The molecule has 0 radical (unpaired) electrons. The normalized spacial score (nSPS) is 16.5. The Morgan fingerprint density at radius 3 is 2.70 bits per heavy atom. The molecule has 0 aromatic carbocycles. The molecular formula is C7H11ClN2. The third-order valence-electron chi connectivity index (χ3n) is 1.37. The predicted octanol–water partition coefficient (Wildman–Crippen LogP) is 1.42. The summed E-state index contributed by atoms with van der Waals surface area (Å²) in [5.74, 6) is 0. The Kier molecular flexibility index (Phi) is 2.63. The van der Waals surface area contributed by atoms with Crippen molar-refractivity contribution in [2.24, 2.45) is 0 Å². The molecule has 2 nitrogen and oxygen atoms in total. The van der Waals surface area contributed by atoms with Crippen LogP contribution in [0.5, 0.6) is 0 Å². The maximum Gasteiger partial charge on any atom is 0.0941 e. The van der Waals surface area contributed by atoms with Gasteiger partial charge in [-0.2, -0.15) is 0 Å². The van der Waals surface area contributed by atoms with Crippen LogP contribution >= 0.6 is 11.6 Å². The molecule has 0 atom stereocenters. The molecule has 1 aliphatic rings. The summed E-state index contributed by atoms with van der Waals surface area (Å²) >= 11 is 5.60. The Labute approximate surface area is 66.4 Å². The first-order valence-corrected chi connectivity index (χ1v) is 3.73. The number of rotatable bonds is 3. The Morgan fingerprint density at radius 2 is 2.20 bits per heavy atom. The number of alkyl halides is 1. The monoisotopic (exact) mass is 158 g/mol. The van der Waals surface area contributed by atoms with E-state index in [-0.39, 0.29) is 0 Å². The summed E-state index contributed by atoms with van der Waals surface area (Å²) in [4.78, 5) is 4.15. The van der Waals surface area contributed by atoms with Gasteiger partial charge in [-0.15, -0.1) is 18.2 Å². The molecule has 56 valence electrons. The topological polar surface area (TPSA) is 6.48 Å². The van der Waals surface area contributed by atoms with Gasteiger partial charge in [0.25, 0.3) is 0 Å². The van der Waals surface area contributed by atoms with Crippen molar-refractivity contribution < 1.29 is 0 Å². The average molecular weight is 159 g/mol. The molecule has 0 N–H and O–H groups in total. The lowest BCUT2D eigenvalue weighted by Crippen LogP contribution is -2.24. The summed E-state index contributed by atoms with van der Waals surface area (Å²) in [5.41, 5.74) is 0. The highest BCUT2D eigenvalue weighted by molar-refractivity contribution is 6.17. The average Bonchev–Trinajstić information content (AvgIpc) is 2.37. The predicted molar refractivity (Wildman–Crippen MR) is 43.5 cm³/mol. The van der Waals surface area contributed by atoms with Crippen molar-refractivity contribution in [3.8, 4) is 0 Å².